The predicted molar refractivity (Wildman–Crippen MR) is 56.6 cm³/mol. The van der Waals surface area contributed by atoms with Crippen molar-refractivity contribution in [3.05, 3.63) is 29.8 Å². The van der Waals surface area contributed by atoms with Crippen molar-refractivity contribution in [3.8, 4) is 5.75 Å². The monoisotopic (exact) mass is 228 g/mol. The Labute approximate surface area is 93.2 Å². The molecule has 2 nitrogen and oxygen atoms in total. The van der Waals surface area contributed by atoms with Crippen molar-refractivity contribution in [2.24, 2.45) is 0 Å². The zero-order chi connectivity index (χ0) is 12.0. The number of hydrogen-bond acceptors (Lipinski definition) is 2. The Morgan fingerprint density at radius 1 is 1.31 bits per heavy atom. The van der Waals surface area contributed by atoms with E-state index in [2.05, 4.69) is 0 Å². The first kappa shape index (κ1) is 12.6. The summed E-state index contributed by atoms with van der Waals surface area (Å²) in [6.45, 7) is 1.98. The fourth-order valence-corrected chi connectivity index (χ4v) is 1.18. The lowest BCUT2D eigenvalue weighted by Crippen LogP contribution is -2.07. The Bertz CT molecular complexity index is 333. The Hall–Kier alpha value is -1.45. The van der Waals surface area contributed by atoms with Crippen molar-refractivity contribution in [1.82, 2.24) is 0 Å². The summed E-state index contributed by atoms with van der Waals surface area (Å²) in [5, 5.41) is 0. The number of alkyl halides is 2. The number of rotatable bonds is 5. The molecule has 0 saturated carbocycles. The summed E-state index contributed by atoms with van der Waals surface area (Å²) in [6, 6.07) is 5.27. The standard InChI is InChI=1S/C12H14F2O2/c1-2-3-4-11(15)16-10-7-5-9(6-8-10)12(13)14/h5-8,12H,2-4H2,1H3. The summed E-state index contributed by atoms with van der Waals surface area (Å²) in [5.74, 6) is -0.0165. The molecule has 88 valence electrons. The summed E-state index contributed by atoms with van der Waals surface area (Å²) >= 11 is 0. The van der Waals surface area contributed by atoms with Gasteiger partial charge in [0.1, 0.15) is 5.75 Å². The third kappa shape index (κ3) is 3.96. The molecule has 0 N–H and O–H groups in total. The molecule has 0 saturated heterocycles. The van der Waals surface area contributed by atoms with E-state index < -0.39 is 6.43 Å². The molecule has 0 aliphatic rings. The second-order valence-corrected chi connectivity index (χ2v) is 3.45. The van der Waals surface area contributed by atoms with Crippen LogP contribution in [0.4, 0.5) is 8.78 Å². The van der Waals surface area contributed by atoms with E-state index in [1.807, 2.05) is 6.92 Å². The van der Waals surface area contributed by atoms with Crippen LogP contribution in [0.2, 0.25) is 0 Å². The number of benzene rings is 1. The summed E-state index contributed by atoms with van der Waals surface area (Å²) in [5.41, 5.74) is -0.0756. The number of ether oxygens (including phenoxy) is 1. The molecule has 0 fully saturated rings. The SMILES string of the molecule is CCCCC(=O)Oc1ccc(C(F)F)cc1. The van der Waals surface area contributed by atoms with Gasteiger partial charge in [0.2, 0.25) is 0 Å². The molecule has 0 radical (unpaired) electrons. The van der Waals surface area contributed by atoms with E-state index >= 15 is 0 Å². The first-order valence-electron chi connectivity index (χ1n) is 5.22. The second-order valence-electron chi connectivity index (χ2n) is 3.45. The number of unbranched alkanes of at least 4 members (excludes halogenated alkanes) is 1. The smallest absolute Gasteiger partial charge is 0.311 e. The largest absolute Gasteiger partial charge is 0.427 e. The first-order chi connectivity index (χ1) is 7.63. The lowest BCUT2D eigenvalue weighted by molar-refractivity contribution is -0.134. The molecular formula is C12H14F2O2. The molecule has 0 aliphatic heterocycles. The molecule has 1 aromatic rings. The lowest BCUT2D eigenvalue weighted by Gasteiger charge is -2.04. The number of halogens is 2. The average Bonchev–Trinajstić information content (AvgIpc) is 2.27. The number of hydrogen-bond donors (Lipinski definition) is 0. The van der Waals surface area contributed by atoms with Gasteiger partial charge in [-0.05, 0) is 30.7 Å². The van der Waals surface area contributed by atoms with Crippen molar-refractivity contribution >= 4 is 5.97 Å². The van der Waals surface area contributed by atoms with Crippen LogP contribution >= 0.6 is 0 Å². The Morgan fingerprint density at radius 2 is 1.94 bits per heavy atom. The van der Waals surface area contributed by atoms with Gasteiger partial charge in [0.25, 0.3) is 6.43 Å². The van der Waals surface area contributed by atoms with Crippen LogP contribution in [0.5, 0.6) is 5.75 Å². The predicted octanol–water partition coefficient (Wildman–Crippen LogP) is 3.72. The molecule has 4 heteroatoms. The average molecular weight is 228 g/mol. The maximum absolute atomic E-state index is 12.2. The van der Waals surface area contributed by atoms with E-state index in [1.165, 1.54) is 24.3 Å². The lowest BCUT2D eigenvalue weighted by atomic mass is 10.2. The summed E-state index contributed by atoms with van der Waals surface area (Å²) in [4.78, 5) is 11.2. The molecule has 0 bridgehead atoms. The quantitative estimate of drug-likeness (QED) is 0.567. The molecular weight excluding hydrogens is 214 g/mol. The molecule has 0 aliphatic carbocycles. The molecule has 0 spiro atoms. The van der Waals surface area contributed by atoms with Gasteiger partial charge in [-0.15, -0.1) is 0 Å². The highest BCUT2D eigenvalue weighted by Crippen LogP contribution is 2.21. The minimum absolute atomic E-state index is 0.0756. The highest BCUT2D eigenvalue weighted by Gasteiger charge is 2.08. The summed E-state index contributed by atoms with van der Waals surface area (Å²) in [7, 11) is 0. The Kier molecular flexibility index (Phi) is 4.89. The summed E-state index contributed by atoms with van der Waals surface area (Å²) < 4.78 is 29.4. The maximum Gasteiger partial charge on any atom is 0.311 e. The zero-order valence-electron chi connectivity index (χ0n) is 9.08. The van der Waals surface area contributed by atoms with Crippen LogP contribution in [-0.4, -0.2) is 5.97 Å². The fourth-order valence-electron chi connectivity index (χ4n) is 1.18. The fraction of sp³-hybridized carbons (Fsp3) is 0.417. The maximum atomic E-state index is 12.2. The van der Waals surface area contributed by atoms with Crippen LogP contribution in [-0.2, 0) is 4.79 Å². The molecule has 0 unspecified atom stereocenters. The molecule has 0 amide bonds. The van der Waals surface area contributed by atoms with Gasteiger partial charge in [0.15, 0.2) is 0 Å². The van der Waals surface area contributed by atoms with Gasteiger partial charge in [-0.2, -0.15) is 0 Å². The molecule has 1 rings (SSSR count). The number of carbonyl (C=O) groups excluding carboxylic acids is 1. The van der Waals surface area contributed by atoms with E-state index in [9.17, 15) is 13.6 Å². The normalized spacial score (nSPS) is 10.5. The van der Waals surface area contributed by atoms with E-state index in [0.717, 1.165) is 12.8 Å². The minimum atomic E-state index is -2.50. The van der Waals surface area contributed by atoms with Crippen molar-refractivity contribution in [3.63, 3.8) is 0 Å². The Morgan fingerprint density at radius 3 is 2.44 bits per heavy atom. The van der Waals surface area contributed by atoms with Crippen molar-refractivity contribution in [2.75, 3.05) is 0 Å². The van der Waals surface area contributed by atoms with Gasteiger partial charge < -0.3 is 4.74 Å². The third-order valence-corrected chi connectivity index (χ3v) is 2.10. The van der Waals surface area contributed by atoms with Crippen molar-refractivity contribution < 1.29 is 18.3 Å². The highest BCUT2D eigenvalue weighted by atomic mass is 19.3. The van der Waals surface area contributed by atoms with Crippen LogP contribution < -0.4 is 4.74 Å². The minimum Gasteiger partial charge on any atom is -0.427 e. The van der Waals surface area contributed by atoms with Gasteiger partial charge in [0.05, 0.1) is 0 Å². The van der Waals surface area contributed by atoms with Crippen LogP contribution in [0.3, 0.4) is 0 Å². The van der Waals surface area contributed by atoms with Crippen LogP contribution in [0.25, 0.3) is 0 Å². The molecule has 16 heavy (non-hydrogen) atoms. The number of esters is 1. The van der Waals surface area contributed by atoms with Crippen molar-refractivity contribution in [2.45, 2.75) is 32.6 Å². The highest BCUT2D eigenvalue weighted by molar-refractivity contribution is 5.72. The third-order valence-electron chi connectivity index (χ3n) is 2.10. The van der Waals surface area contributed by atoms with Gasteiger partial charge in [0, 0.05) is 12.0 Å². The molecule has 0 aromatic heterocycles. The van der Waals surface area contributed by atoms with Crippen LogP contribution in [0.1, 0.15) is 38.2 Å². The summed E-state index contributed by atoms with van der Waals surface area (Å²) in [6.07, 6.45) is -0.453. The van der Waals surface area contributed by atoms with Gasteiger partial charge in [-0.1, -0.05) is 13.3 Å². The van der Waals surface area contributed by atoms with Gasteiger partial charge in [-0.25, -0.2) is 8.78 Å². The first-order valence-corrected chi connectivity index (χ1v) is 5.22. The molecule has 0 heterocycles. The van der Waals surface area contributed by atoms with Gasteiger partial charge >= 0.3 is 5.97 Å². The van der Waals surface area contributed by atoms with Gasteiger partial charge in [-0.3, -0.25) is 4.79 Å². The van der Waals surface area contributed by atoms with Crippen LogP contribution in [0.15, 0.2) is 24.3 Å². The molecule has 0 atom stereocenters. The Balaban J connectivity index is 2.51. The molecule has 1 aromatic carbocycles. The van der Waals surface area contributed by atoms with E-state index in [0.29, 0.717) is 12.2 Å². The van der Waals surface area contributed by atoms with Crippen molar-refractivity contribution in [1.29, 1.82) is 0 Å². The second kappa shape index (κ2) is 6.20. The van der Waals surface area contributed by atoms with Crippen LogP contribution in [0, 0.1) is 0 Å². The number of carbonyl (C=O) groups is 1. The zero-order valence-corrected chi connectivity index (χ0v) is 9.08. The van der Waals surface area contributed by atoms with E-state index in [-0.39, 0.29) is 11.5 Å². The van der Waals surface area contributed by atoms with E-state index in [1.54, 1.807) is 0 Å². The van der Waals surface area contributed by atoms with E-state index in [4.69, 9.17) is 4.74 Å². The topological polar surface area (TPSA) is 26.3 Å².